The number of benzene rings is 1. The van der Waals surface area contributed by atoms with Crippen LogP contribution < -0.4 is 11.3 Å². The number of H-pyrrole nitrogens is 1. The van der Waals surface area contributed by atoms with Crippen molar-refractivity contribution in [1.82, 2.24) is 34.3 Å². The molecule has 9 nitrogen and oxygen atoms in total. The van der Waals surface area contributed by atoms with Gasteiger partial charge < -0.3 is 15.3 Å². The SMILES string of the molecule is Cn1cnnc1-c1cc(F)ccc1-c1cc(C2CC2)nc(-n2cc(C(F)(F)F)c3nc(CCCCN)[nH]c3c2=O)c1. The number of aryl methyl sites for hydroxylation is 2. The topological polar surface area (TPSA) is 120 Å². The van der Waals surface area contributed by atoms with E-state index in [1.807, 2.05) is 6.07 Å². The fourth-order valence-electron chi connectivity index (χ4n) is 4.96. The first-order valence-corrected chi connectivity index (χ1v) is 13.2. The first kappa shape index (κ1) is 26.8. The van der Waals surface area contributed by atoms with Crippen LogP contribution in [0, 0.1) is 5.82 Å². The van der Waals surface area contributed by atoms with Crippen molar-refractivity contribution in [2.45, 2.75) is 44.2 Å². The van der Waals surface area contributed by atoms with E-state index in [0.29, 0.717) is 54.0 Å². The van der Waals surface area contributed by atoms with Crippen molar-refractivity contribution in [2.24, 2.45) is 12.8 Å². The Kier molecular flexibility index (Phi) is 6.68. The number of aromatic nitrogens is 7. The number of halogens is 4. The number of unbranched alkanes of at least 4 members (excludes halogenated alkanes) is 1. The molecule has 4 aromatic heterocycles. The largest absolute Gasteiger partial charge is 0.419 e. The maximum Gasteiger partial charge on any atom is 0.419 e. The number of nitrogens with two attached hydrogens (primary N) is 1. The van der Waals surface area contributed by atoms with Crippen LogP contribution in [0.3, 0.4) is 0 Å². The van der Waals surface area contributed by atoms with E-state index in [1.165, 1.54) is 24.5 Å². The Hall–Kier alpha value is -4.39. The molecule has 3 N–H and O–H groups in total. The summed E-state index contributed by atoms with van der Waals surface area (Å²) in [4.78, 5) is 25.2. The molecule has 5 aromatic rings. The average molecular weight is 567 g/mol. The fourth-order valence-corrected chi connectivity index (χ4v) is 4.96. The van der Waals surface area contributed by atoms with Gasteiger partial charge in [0.25, 0.3) is 5.56 Å². The molecule has 0 amide bonds. The smallest absolute Gasteiger partial charge is 0.337 e. The number of rotatable bonds is 8. The Morgan fingerprint density at radius 3 is 2.59 bits per heavy atom. The zero-order chi connectivity index (χ0) is 28.9. The summed E-state index contributed by atoms with van der Waals surface area (Å²) < 4.78 is 59.7. The van der Waals surface area contributed by atoms with E-state index in [4.69, 9.17) is 5.73 Å². The predicted octanol–water partition coefficient (Wildman–Crippen LogP) is 4.89. The molecule has 6 rings (SSSR count). The third-order valence-corrected chi connectivity index (χ3v) is 7.19. The highest BCUT2D eigenvalue weighted by Gasteiger charge is 2.36. The van der Waals surface area contributed by atoms with Crippen LogP contribution in [0.25, 0.3) is 39.4 Å². The second-order valence-electron chi connectivity index (χ2n) is 10.2. The molecule has 1 aliphatic carbocycles. The van der Waals surface area contributed by atoms with E-state index in [2.05, 4.69) is 25.1 Å². The van der Waals surface area contributed by atoms with Gasteiger partial charge in [-0.2, -0.15) is 13.2 Å². The Morgan fingerprint density at radius 2 is 1.90 bits per heavy atom. The van der Waals surface area contributed by atoms with E-state index >= 15 is 0 Å². The van der Waals surface area contributed by atoms with Crippen LogP contribution in [0.1, 0.15) is 48.7 Å². The molecule has 1 fully saturated rings. The lowest BCUT2D eigenvalue weighted by Crippen LogP contribution is -2.23. The third kappa shape index (κ3) is 5.12. The summed E-state index contributed by atoms with van der Waals surface area (Å²) in [6.07, 6.45) is 0.848. The summed E-state index contributed by atoms with van der Waals surface area (Å²) in [6, 6.07) is 7.56. The minimum Gasteiger partial charge on any atom is -0.337 e. The third-order valence-electron chi connectivity index (χ3n) is 7.19. The lowest BCUT2D eigenvalue weighted by atomic mass is 9.98. The second kappa shape index (κ2) is 10.2. The van der Waals surface area contributed by atoms with Gasteiger partial charge in [-0.15, -0.1) is 10.2 Å². The van der Waals surface area contributed by atoms with E-state index < -0.39 is 28.6 Å². The summed E-state index contributed by atoms with van der Waals surface area (Å²) in [7, 11) is 1.72. The summed E-state index contributed by atoms with van der Waals surface area (Å²) in [5, 5.41) is 8.00. The Bertz CT molecular complexity index is 1820. The predicted molar refractivity (Wildman–Crippen MR) is 144 cm³/mol. The van der Waals surface area contributed by atoms with Crippen molar-refractivity contribution in [3.8, 4) is 28.3 Å². The first-order valence-electron chi connectivity index (χ1n) is 13.2. The maximum atomic E-state index is 14.4. The van der Waals surface area contributed by atoms with Gasteiger partial charge in [0.1, 0.15) is 40.4 Å². The van der Waals surface area contributed by atoms with Crippen LogP contribution >= 0.6 is 0 Å². The molecular formula is C28H26F4N8O. The van der Waals surface area contributed by atoms with Gasteiger partial charge in [0, 0.05) is 36.8 Å². The molecular weight excluding hydrogens is 540 g/mol. The zero-order valence-electron chi connectivity index (χ0n) is 22.0. The Labute approximate surface area is 231 Å². The number of hydrogen-bond donors (Lipinski definition) is 2. The molecule has 0 atom stereocenters. The van der Waals surface area contributed by atoms with E-state index in [1.54, 1.807) is 17.7 Å². The fraction of sp³-hybridized carbons (Fsp3) is 0.321. The number of imidazole rings is 1. The van der Waals surface area contributed by atoms with Crippen molar-refractivity contribution in [2.75, 3.05) is 6.54 Å². The van der Waals surface area contributed by atoms with Crippen molar-refractivity contribution in [3.63, 3.8) is 0 Å². The number of hydrogen-bond acceptors (Lipinski definition) is 6. The first-order chi connectivity index (χ1) is 19.6. The van der Waals surface area contributed by atoms with Crippen molar-refractivity contribution >= 4 is 11.0 Å². The van der Waals surface area contributed by atoms with E-state index in [9.17, 15) is 22.4 Å². The highest BCUT2D eigenvalue weighted by atomic mass is 19.4. The molecule has 0 aliphatic heterocycles. The van der Waals surface area contributed by atoms with Gasteiger partial charge in [-0.3, -0.25) is 9.36 Å². The minimum absolute atomic E-state index is 0.0225. The van der Waals surface area contributed by atoms with Crippen molar-refractivity contribution in [3.05, 3.63) is 76.1 Å². The van der Waals surface area contributed by atoms with Crippen LogP contribution in [-0.2, 0) is 19.6 Å². The second-order valence-corrected chi connectivity index (χ2v) is 10.2. The summed E-state index contributed by atoms with van der Waals surface area (Å²) >= 11 is 0. The molecule has 4 heterocycles. The lowest BCUT2D eigenvalue weighted by Gasteiger charge is -2.15. The van der Waals surface area contributed by atoms with Gasteiger partial charge in [0.15, 0.2) is 5.82 Å². The Morgan fingerprint density at radius 1 is 1.10 bits per heavy atom. The van der Waals surface area contributed by atoms with Crippen LogP contribution in [0.4, 0.5) is 17.6 Å². The number of nitrogens with one attached hydrogen (secondary N) is 1. The number of aromatic amines is 1. The zero-order valence-corrected chi connectivity index (χ0v) is 22.0. The number of nitrogens with zero attached hydrogens (tertiary/aromatic N) is 6. The van der Waals surface area contributed by atoms with Crippen molar-refractivity contribution in [1.29, 1.82) is 0 Å². The van der Waals surface area contributed by atoms with Crippen LogP contribution in [-0.4, -0.2) is 40.8 Å². The minimum atomic E-state index is -4.77. The summed E-state index contributed by atoms with van der Waals surface area (Å²) in [6.45, 7) is 0.443. The number of alkyl halides is 3. The number of fused-ring (bicyclic) bond motifs is 1. The van der Waals surface area contributed by atoms with E-state index in [-0.39, 0.29) is 23.1 Å². The number of pyridine rings is 2. The highest BCUT2D eigenvalue weighted by Crippen LogP contribution is 2.42. The normalized spacial score (nSPS) is 13.8. The molecule has 1 saturated carbocycles. The summed E-state index contributed by atoms with van der Waals surface area (Å²) in [5.74, 6) is 0.336. The standard InChI is InChI=1S/C28H26F4N8O/c1-39-14-34-38-26(39)19-12-17(29)7-8-18(19)16-10-21(15-5-6-15)35-23(11-16)40-13-20(28(30,31)32)24-25(27(40)41)37-22(36-24)4-2-3-9-33/h7-8,10-15H,2-6,9,33H2,1H3,(H,36,37). The molecule has 41 heavy (non-hydrogen) atoms. The molecule has 0 spiro atoms. The highest BCUT2D eigenvalue weighted by molar-refractivity contribution is 5.82. The van der Waals surface area contributed by atoms with Gasteiger partial charge >= 0.3 is 6.18 Å². The van der Waals surface area contributed by atoms with Gasteiger partial charge in [0.2, 0.25) is 0 Å². The molecule has 0 bridgehead atoms. The molecule has 13 heteroatoms. The Balaban J connectivity index is 1.56. The van der Waals surface area contributed by atoms with Crippen LogP contribution in [0.5, 0.6) is 0 Å². The molecule has 0 saturated heterocycles. The van der Waals surface area contributed by atoms with Gasteiger partial charge in [-0.1, -0.05) is 6.07 Å². The van der Waals surface area contributed by atoms with Gasteiger partial charge in [-0.05, 0) is 67.6 Å². The van der Waals surface area contributed by atoms with Crippen LogP contribution in [0.15, 0.2) is 47.7 Å². The van der Waals surface area contributed by atoms with E-state index in [0.717, 1.165) is 23.6 Å². The van der Waals surface area contributed by atoms with Crippen molar-refractivity contribution < 1.29 is 17.6 Å². The average Bonchev–Trinajstić information content (AvgIpc) is 3.56. The van der Waals surface area contributed by atoms with Gasteiger partial charge in [-0.25, -0.2) is 14.4 Å². The molecule has 1 aliphatic rings. The molecule has 1 aromatic carbocycles. The molecule has 0 unspecified atom stereocenters. The monoisotopic (exact) mass is 566 g/mol. The van der Waals surface area contributed by atoms with Crippen LogP contribution in [0.2, 0.25) is 0 Å². The molecule has 212 valence electrons. The summed E-state index contributed by atoms with van der Waals surface area (Å²) in [5.41, 5.74) is 5.32. The lowest BCUT2D eigenvalue weighted by molar-refractivity contribution is -0.136. The van der Waals surface area contributed by atoms with Gasteiger partial charge in [0.05, 0.1) is 0 Å². The molecule has 0 radical (unpaired) electrons. The quantitative estimate of drug-likeness (QED) is 0.204. The maximum absolute atomic E-state index is 14.4.